The first kappa shape index (κ1) is 9.77. The van der Waals surface area contributed by atoms with Crippen LogP contribution in [0.15, 0.2) is 51.9 Å². The van der Waals surface area contributed by atoms with Crippen LogP contribution in [0, 0.1) is 0 Å². The molecule has 1 aromatic rings. The third-order valence-electron chi connectivity index (χ3n) is 2.46. The lowest BCUT2D eigenvalue weighted by Crippen LogP contribution is -2.06. The van der Waals surface area contributed by atoms with Crippen molar-refractivity contribution in [3.63, 3.8) is 0 Å². The van der Waals surface area contributed by atoms with Crippen molar-refractivity contribution in [1.29, 1.82) is 0 Å². The van der Waals surface area contributed by atoms with Gasteiger partial charge in [-0.25, -0.2) is 4.79 Å². The molecule has 0 aromatic carbocycles. The van der Waals surface area contributed by atoms with Crippen LogP contribution in [-0.2, 0) is 6.54 Å². The third-order valence-corrected chi connectivity index (χ3v) is 2.46. The second-order valence-corrected chi connectivity index (χ2v) is 3.62. The summed E-state index contributed by atoms with van der Waals surface area (Å²) < 4.78 is 6.77. The maximum absolute atomic E-state index is 11.1. The van der Waals surface area contributed by atoms with Crippen LogP contribution in [0.1, 0.15) is 5.69 Å². The Labute approximate surface area is 96.7 Å². The molecule has 17 heavy (non-hydrogen) atoms. The molecule has 0 atom stereocenters. The Kier molecular flexibility index (Phi) is 2.22. The molecule has 1 aromatic heterocycles. The van der Waals surface area contributed by atoms with E-state index in [9.17, 15) is 4.79 Å². The van der Waals surface area contributed by atoms with Gasteiger partial charge in [0.1, 0.15) is 0 Å². The van der Waals surface area contributed by atoms with Gasteiger partial charge < -0.3 is 8.98 Å². The number of hydrogen-bond acceptors (Lipinski definition) is 4. The van der Waals surface area contributed by atoms with Crippen molar-refractivity contribution in [1.82, 2.24) is 14.5 Å². The van der Waals surface area contributed by atoms with Crippen molar-refractivity contribution in [2.24, 2.45) is 0 Å². The van der Waals surface area contributed by atoms with Crippen LogP contribution in [0.4, 0.5) is 0 Å². The summed E-state index contributed by atoms with van der Waals surface area (Å²) in [4.78, 5) is 19.1. The van der Waals surface area contributed by atoms with Gasteiger partial charge in [-0.2, -0.15) is 4.98 Å². The minimum Gasteiger partial charge on any atom is -0.405 e. The summed E-state index contributed by atoms with van der Waals surface area (Å²) in [7, 11) is 0. The topological polar surface area (TPSA) is 60.9 Å². The molecule has 0 aliphatic carbocycles. The summed E-state index contributed by atoms with van der Waals surface area (Å²) in [6.07, 6.45) is 3.58. The standard InChI is InChI=1S/C12H9N3O2/c16-12-14-11-10(17-12)5-3-7-15(11)8-9-4-1-2-6-13-9/h1-7H,8H2. The van der Waals surface area contributed by atoms with E-state index in [0.29, 0.717) is 18.1 Å². The van der Waals surface area contributed by atoms with Crippen molar-refractivity contribution < 1.29 is 4.42 Å². The summed E-state index contributed by atoms with van der Waals surface area (Å²) >= 11 is 0. The van der Waals surface area contributed by atoms with Crippen LogP contribution >= 0.6 is 0 Å². The lowest BCUT2D eigenvalue weighted by molar-refractivity contribution is 0.529. The summed E-state index contributed by atoms with van der Waals surface area (Å²) in [6.45, 7) is 0.560. The van der Waals surface area contributed by atoms with Gasteiger partial charge in [0.2, 0.25) is 0 Å². The van der Waals surface area contributed by atoms with Crippen molar-refractivity contribution >= 4 is 0 Å². The van der Waals surface area contributed by atoms with Gasteiger partial charge in [0.25, 0.3) is 0 Å². The molecule has 2 aliphatic heterocycles. The molecule has 3 heterocycles. The molecule has 2 aliphatic rings. The molecule has 0 unspecified atom stereocenters. The maximum Gasteiger partial charge on any atom is 0.441 e. The normalized spacial score (nSPS) is 10.8. The molecule has 5 nitrogen and oxygen atoms in total. The van der Waals surface area contributed by atoms with E-state index in [2.05, 4.69) is 9.97 Å². The Bertz CT molecular complexity index is 657. The van der Waals surface area contributed by atoms with Crippen LogP contribution in [0.25, 0.3) is 11.6 Å². The molecule has 0 amide bonds. The van der Waals surface area contributed by atoms with Gasteiger partial charge in [-0.3, -0.25) is 4.98 Å². The monoisotopic (exact) mass is 227 g/mol. The predicted octanol–water partition coefficient (Wildman–Crippen LogP) is 1.38. The van der Waals surface area contributed by atoms with Crippen LogP contribution in [0.5, 0.6) is 0 Å². The van der Waals surface area contributed by atoms with E-state index in [-0.39, 0.29) is 0 Å². The molecule has 0 radical (unpaired) electrons. The van der Waals surface area contributed by atoms with Crippen molar-refractivity contribution in [3.05, 3.63) is 59.0 Å². The minimum atomic E-state index is -0.569. The Morgan fingerprint density at radius 3 is 3.00 bits per heavy atom. The summed E-state index contributed by atoms with van der Waals surface area (Å²) in [5, 5.41) is 0. The van der Waals surface area contributed by atoms with E-state index >= 15 is 0 Å². The maximum atomic E-state index is 11.1. The van der Waals surface area contributed by atoms with E-state index in [1.54, 1.807) is 12.3 Å². The van der Waals surface area contributed by atoms with Crippen molar-refractivity contribution in [3.8, 4) is 11.6 Å². The molecule has 0 saturated carbocycles. The van der Waals surface area contributed by atoms with E-state index in [4.69, 9.17) is 4.42 Å². The third kappa shape index (κ3) is 1.82. The van der Waals surface area contributed by atoms with Gasteiger partial charge in [0.05, 0.1) is 12.2 Å². The highest BCUT2D eigenvalue weighted by molar-refractivity contribution is 5.47. The zero-order chi connectivity index (χ0) is 11.7. The fourth-order valence-corrected chi connectivity index (χ4v) is 1.72. The Morgan fingerprint density at radius 2 is 2.18 bits per heavy atom. The molecule has 0 N–H and O–H groups in total. The van der Waals surface area contributed by atoms with Gasteiger partial charge in [0, 0.05) is 12.4 Å². The van der Waals surface area contributed by atoms with E-state index in [1.807, 2.05) is 35.0 Å². The van der Waals surface area contributed by atoms with Crippen molar-refractivity contribution in [2.45, 2.75) is 6.54 Å². The average molecular weight is 227 g/mol. The fourth-order valence-electron chi connectivity index (χ4n) is 1.72. The first-order valence-electron chi connectivity index (χ1n) is 5.19. The van der Waals surface area contributed by atoms with Gasteiger partial charge in [-0.15, -0.1) is 0 Å². The molecule has 0 spiro atoms. The van der Waals surface area contributed by atoms with Gasteiger partial charge in [-0.05, 0) is 24.3 Å². The second-order valence-electron chi connectivity index (χ2n) is 3.62. The molecule has 0 saturated heterocycles. The largest absolute Gasteiger partial charge is 0.441 e. The zero-order valence-electron chi connectivity index (χ0n) is 8.91. The van der Waals surface area contributed by atoms with Gasteiger partial charge in [0.15, 0.2) is 11.6 Å². The van der Waals surface area contributed by atoms with E-state index in [0.717, 1.165) is 5.69 Å². The molecule has 84 valence electrons. The summed E-state index contributed by atoms with van der Waals surface area (Å²) in [6, 6.07) is 9.24. The number of pyridine rings is 2. The first-order valence-corrected chi connectivity index (χ1v) is 5.19. The molecule has 0 fully saturated rings. The summed E-state index contributed by atoms with van der Waals surface area (Å²) in [5.41, 5.74) is 0.903. The lowest BCUT2D eigenvalue weighted by Gasteiger charge is -2.08. The van der Waals surface area contributed by atoms with E-state index < -0.39 is 5.76 Å². The molecule has 3 rings (SSSR count). The first-order chi connectivity index (χ1) is 8.33. The fraction of sp³-hybridized carbons (Fsp3) is 0.0833. The van der Waals surface area contributed by atoms with Crippen LogP contribution < -0.4 is 5.76 Å². The average Bonchev–Trinajstić information content (AvgIpc) is 2.72. The highest BCUT2D eigenvalue weighted by Gasteiger charge is 2.13. The predicted molar refractivity (Wildman–Crippen MR) is 60.7 cm³/mol. The number of rotatable bonds is 2. The highest BCUT2D eigenvalue weighted by Crippen LogP contribution is 2.17. The van der Waals surface area contributed by atoms with Gasteiger partial charge in [-0.1, -0.05) is 6.07 Å². The van der Waals surface area contributed by atoms with Crippen LogP contribution in [0.3, 0.4) is 0 Å². The van der Waals surface area contributed by atoms with Crippen molar-refractivity contribution in [2.75, 3.05) is 0 Å². The molecule has 0 bridgehead atoms. The number of hydrogen-bond donors (Lipinski definition) is 0. The summed E-state index contributed by atoms with van der Waals surface area (Å²) in [5.74, 6) is 0.470. The number of aromatic nitrogens is 3. The molecule has 5 heteroatoms. The zero-order valence-corrected chi connectivity index (χ0v) is 8.91. The van der Waals surface area contributed by atoms with Crippen LogP contribution in [0.2, 0.25) is 0 Å². The minimum absolute atomic E-state index is 0.494. The smallest absolute Gasteiger partial charge is 0.405 e. The lowest BCUT2D eigenvalue weighted by atomic mass is 10.3. The SMILES string of the molecule is O=c1nc2n(Cc3ccccn3)cccc-2o1. The van der Waals surface area contributed by atoms with E-state index in [1.165, 1.54) is 0 Å². The number of fused-ring (bicyclic) bond motifs is 1. The second kappa shape index (κ2) is 3.86. The number of oxazole rings is 1. The Hall–Kier alpha value is -2.43. The number of nitrogens with zero attached hydrogens (tertiary/aromatic N) is 3. The Morgan fingerprint density at radius 1 is 1.24 bits per heavy atom. The highest BCUT2D eigenvalue weighted by atomic mass is 16.4. The van der Waals surface area contributed by atoms with Crippen LogP contribution in [-0.4, -0.2) is 14.5 Å². The quantitative estimate of drug-likeness (QED) is 0.663. The molecular weight excluding hydrogens is 218 g/mol. The Balaban J connectivity index is 2.04. The molecular formula is C12H9N3O2. The van der Waals surface area contributed by atoms with Gasteiger partial charge >= 0.3 is 5.76 Å².